The average Bonchev–Trinajstić information content (AvgIpc) is 2.54. The van der Waals surface area contributed by atoms with Crippen molar-refractivity contribution in [1.29, 1.82) is 0 Å². The van der Waals surface area contributed by atoms with Crippen LogP contribution in [0.3, 0.4) is 0 Å². The molecule has 0 spiro atoms. The van der Waals surface area contributed by atoms with Crippen LogP contribution < -0.4 is 5.32 Å². The molecule has 1 atom stereocenters. The van der Waals surface area contributed by atoms with Gasteiger partial charge in [0, 0.05) is 16.4 Å². The molecule has 0 saturated heterocycles. The highest BCUT2D eigenvalue weighted by atomic mass is 35.7. The molecular formula is C18H21ClN2O2S. The number of nitrogens with zero attached hydrogens (tertiary/aromatic N) is 1. The molecule has 24 heavy (non-hydrogen) atoms. The van der Waals surface area contributed by atoms with Crippen LogP contribution in [0.2, 0.25) is 0 Å². The number of amides is 2. The maximum absolute atomic E-state index is 12.4. The van der Waals surface area contributed by atoms with E-state index in [1.54, 1.807) is 36.4 Å². The van der Waals surface area contributed by atoms with Gasteiger partial charge in [-0.25, -0.2) is 9.00 Å². The van der Waals surface area contributed by atoms with Crippen LogP contribution in [0.25, 0.3) is 0 Å². The maximum atomic E-state index is 12.4. The molecule has 0 bridgehead atoms. The number of rotatable bonds is 5. The van der Waals surface area contributed by atoms with E-state index < -0.39 is 15.0 Å². The van der Waals surface area contributed by atoms with Crippen molar-refractivity contribution in [3.8, 4) is 0 Å². The number of urea groups is 1. The Labute approximate surface area is 147 Å². The summed E-state index contributed by atoms with van der Waals surface area (Å²) in [6.45, 7) is 4.06. The normalized spacial score (nSPS) is 13.1. The Morgan fingerprint density at radius 3 is 2.33 bits per heavy atom. The van der Waals surface area contributed by atoms with Crippen molar-refractivity contribution in [3.05, 3.63) is 59.7 Å². The Morgan fingerprint density at radius 1 is 1.12 bits per heavy atom. The first-order chi connectivity index (χ1) is 11.4. The summed E-state index contributed by atoms with van der Waals surface area (Å²) in [6.07, 6.45) is 3.28. The Hall–Kier alpha value is -1.85. The first-order valence-corrected chi connectivity index (χ1v) is 10.2. The highest BCUT2D eigenvalue weighted by molar-refractivity contribution is 8.15. The minimum Gasteiger partial charge on any atom is -0.306 e. The Morgan fingerprint density at radius 2 is 1.75 bits per heavy atom. The fourth-order valence-electron chi connectivity index (χ4n) is 2.15. The lowest BCUT2D eigenvalue weighted by Gasteiger charge is -2.05. The number of nitrogens with one attached hydrogen (secondary N) is 1. The molecule has 0 saturated carbocycles. The van der Waals surface area contributed by atoms with Gasteiger partial charge in [-0.3, -0.25) is 0 Å². The van der Waals surface area contributed by atoms with Crippen molar-refractivity contribution < 1.29 is 9.00 Å². The van der Waals surface area contributed by atoms with Gasteiger partial charge in [0.1, 0.15) is 0 Å². The summed E-state index contributed by atoms with van der Waals surface area (Å²) >= 11 is 0. The second kappa shape index (κ2) is 8.31. The van der Waals surface area contributed by atoms with Crippen molar-refractivity contribution in [2.24, 2.45) is 4.36 Å². The van der Waals surface area contributed by atoms with E-state index in [-0.39, 0.29) is 0 Å². The maximum Gasteiger partial charge on any atom is 0.354 e. The van der Waals surface area contributed by atoms with Crippen molar-refractivity contribution >= 4 is 31.3 Å². The lowest BCUT2D eigenvalue weighted by Crippen LogP contribution is -2.08. The summed E-state index contributed by atoms with van der Waals surface area (Å²) in [4.78, 5) is 12.3. The summed E-state index contributed by atoms with van der Waals surface area (Å²) in [5.41, 5.74) is 2.82. The zero-order valence-corrected chi connectivity index (χ0v) is 15.4. The number of carbonyl (C=O) groups is 1. The Bertz CT molecular complexity index is 808. The van der Waals surface area contributed by atoms with E-state index in [1.165, 1.54) is 5.56 Å². The van der Waals surface area contributed by atoms with Crippen LogP contribution in [0.15, 0.2) is 57.8 Å². The first-order valence-electron chi connectivity index (χ1n) is 7.84. The minimum absolute atomic E-state index is 0.319. The molecule has 0 aliphatic rings. The molecule has 0 radical (unpaired) electrons. The predicted molar refractivity (Wildman–Crippen MR) is 99.9 cm³/mol. The van der Waals surface area contributed by atoms with Gasteiger partial charge in [-0.2, -0.15) is 0 Å². The number of halogens is 1. The molecule has 0 heterocycles. The van der Waals surface area contributed by atoms with Crippen LogP contribution in [-0.2, 0) is 15.4 Å². The van der Waals surface area contributed by atoms with Gasteiger partial charge in [0.2, 0.25) is 0 Å². The van der Waals surface area contributed by atoms with Gasteiger partial charge in [0.15, 0.2) is 8.94 Å². The third kappa shape index (κ3) is 5.35. The number of aryl methyl sites for hydroxylation is 2. The van der Waals surface area contributed by atoms with Crippen LogP contribution in [-0.4, -0.2) is 10.2 Å². The van der Waals surface area contributed by atoms with Crippen molar-refractivity contribution in [2.75, 3.05) is 5.32 Å². The molecule has 2 amide bonds. The van der Waals surface area contributed by atoms with Crippen molar-refractivity contribution in [2.45, 2.75) is 38.0 Å². The number of benzene rings is 2. The summed E-state index contributed by atoms with van der Waals surface area (Å²) < 4.78 is 16.0. The summed E-state index contributed by atoms with van der Waals surface area (Å²) in [5, 5.41) is 2.59. The van der Waals surface area contributed by atoms with Crippen LogP contribution in [0.4, 0.5) is 10.5 Å². The van der Waals surface area contributed by atoms with Gasteiger partial charge in [-0.15, -0.1) is 4.36 Å². The van der Waals surface area contributed by atoms with E-state index >= 15 is 0 Å². The van der Waals surface area contributed by atoms with E-state index in [2.05, 4.69) is 16.6 Å². The van der Waals surface area contributed by atoms with E-state index in [9.17, 15) is 9.00 Å². The number of hydrogen-bond donors (Lipinski definition) is 1. The molecule has 0 aliphatic heterocycles. The molecule has 1 N–H and O–H groups in total. The van der Waals surface area contributed by atoms with E-state index in [0.29, 0.717) is 10.6 Å². The number of carbonyl (C=O) groups excluding carboxylic acids is 1. The zero-order chi connectivity index (χ0) is 17.6. The first kappa shape index (κ1) is 18.5. The summed E-state index contributed by atoms with van der Waals surface area (Å²) in [6, 6.07) is 13.6. The third-order valence-electron chi connectivity index (χ3n) is 3.54. The zero-order valence-electron chi connectivity index (χ0n) is 13.8. The van der Waals surface area contributed by atoms with Crippen molar-refractivity contribution in [3.63, 3.8) is 0 Å². The fraction of sp³-hybridized carbons (Fsp3) is 0.278. The number of anilines is 1. The number of hydrogen-bond acceptors (Lipinski definition) is 2. The van der Waals surface area contributed by atoms with Gasteiger partial charge >= 0.3 is 6.03 Å². The smallest absolute Gasteiger partial charge is 0.306 e. The van der Waals surface area contributed by atoms with Gasteiger partial charge < -0.3 is 5.32 Å². The summed E-state index contributed by atoms with van der Waals surface area (Å²) in [5.74, 6) is 0. The van der Waals surface area contributed by atoms with Gasteiger partial charge in [0.25, 0.3) is 0 Å². The van der Waals surface area contributed by atoms with Gasteiger partial charge in [-0.1, -0.05) is 43.2 Å². The van der Waals surface area contributed by atoms with Gasteiger partial charge in [-0.05, 0) is 49.6 Å². The molecule has 2 rings (SSSR count). The lowest BCUT2D eigenvalue weighted by molar-refractivity contribution is 0.260. The van der Waals surface area contributed by atoms with Crippen LogP contribution >= 0.6 is 10.7 Å². The number of unbranched alkanes of at least 4 members (excludes halogenated alkanes) is 1. The van der Waals surface area contributed by atoms with E-state index in [4.69, 9.17) is 10.7 Å². The average molecular weight is 365 g/mol. The van der Waals surface area contributed by atoms with Crippen LogP contribution in [0.5, 0.6) is 0 Å². The molecule has 4 nitrogen and oxygen atoms in total. The standard InChI is InChI=1S/C18H21ClN2O2S/c1-3-4-5-15-8-10-16(11-9-15)20-18(22)21-24(19,23)17-12-6-14(2)7-13-17/h6-13H,3-5H2,1-2H3,(H,20,22). The summed E-state index contributed by atoms with van der Waals surface area (Å²) in [7, 11) is 2.68. The largest absolute Gasteiger partial charge is 0.354 e. The molecule has 2 aromatic carbocycles. The second-order valence-electron chi connectivity index (χ2n) is 5.59. The van der Waals surface area contributed by atoms with Gasteiger partial charge in [0.05, 0.1) is 4.90 Å². The predicted octanol–water partition coefficient (Wildman–Crippen LogP) is 5.55. The van der Waals surface area contributed by atoms with Crippen molar-refractivity contribution in [1.82, 2.24) is 0 Å². The topological polar surface area (TPSA) is 58.5 Å². The fourth-order valence-corrected chi connectivity index (χ4v) is 3.48. The quantitative estimate of drug-likeness (QED) is 0.707. The second-order valence-corrected chi connectivity index (χ2v) is 8.42. The molecule has 128 valence electrons. The van der Waals surface area contributed by atoms with Crippen LogP contribution in [0, 0.1) is 6.92 Å². The minimum atomic E-state index is -3.28. The Kier molecular flexibility index (Phi) is 6.40. The lowest BCUT2D eigenvalue weighted by atomic mass is 10.1. The van der Waals surface area contributed by atoms with Crippen LogP contribution in [0.1, 0.15) is 30.9 Å². The molecule has 6 heteroatoms. The molecule has 0 fully saturated rings. The molecule has 2 aromatic rings. The highest BCUT2D eigenvalue weighted by Crippen LogP contribution is 2.19. The SMILES string of the molecule is CCCCc1ccc(NC(=O)N=S(=O)(Cl)c2ccc(C)cc2)cc1. The monoisotopic (exact) mass is 364 g/mol. The van der Waals surface area contributed by atoms with E-state index in [1.807, 2.05) is 19.1 Å². The molecule has 0 aromatic heterocycles. The highest BCUT2D eigenvalue weighted by Gasteiger charge is 2.12. The third-order valence-corrected chi connectivity index (χ3v) is 5.53. The molecular weight excluding hydrogens is 344 g/mol. The molecule has 1 unspecified atom stereocenters. The van der Waals surface area contributed by atoms with E-state index in [0.717, 1.165) is 24.8 Å². The molecule has 0 aliphatic carbocycles. The Balaban J connectivity index is 2.08.